The Hall–Kier alpha value is -1.43. The molecule has 6 nitrogen and oxygen atoms in total. The number of amides is 1. The third-order valence-electron chi connectivity index (χ3n) is 4.10. The van der Waals surface area contributed by atoms with E-state index in [4.69, 9.17) is 4.52 Å². The molecule has 2 aliphatic rings. The number of aromatic nitrogens is 2. The largest absolute Gasteiger partial charge is 0.388 e. The number of rotatable bonds is 4. The monoisotopic (exact) mass is 279 g/mol. The number of aryl methyl sites for hydroxylation is 1. The van der Waals surface area contributed by atoms with E-state index in [9.17, 15) is 9.90 Å². The molecule has 1 amide bonds. The summed E-state index contributed by atoms with van der Waals surface area (Å²) in [4.78, 5) is 18.2. The molecule has 1 saturated carbocycles. The summed E-state index contributed by atoms with van der Waals surface area (Å²) in [5.74, 6) is 1.52. The lowest BCUT2D eigenvalue weighted by Crippen LogP contribution is -2.51. The van der Waals surface area contributed by atoms with Crippen LogP contribution in [0.3, 0.4) is 0 Å². The number of β-amino-alcohol motifs (C(OH)–C–C–N with tert-alkyl or cyclic N) is 1. The number of hydrogen-bond acceptors (Lipinski definition) is 5. The summed E-state index contributed by atoms with van der Waals surface area (Å²) in [6.07, 6.45) is 4.53. The van der Waals surface area contributed by atoms with Gasteiger partial charge < -0.3 is 14.5 Å². The van der Waals surface area contributed by atoms with Gasteiger partial charge >= 0.3 is 0 Å². The van der Waals surface area contributed by atoms with Crippen molar-refractivity contribution in [2.75, 3.05) is 13.1 Å². The second-order valence-electron chi connectivity index (χ2n) is 6.00. The van der Waals surface area contributed by atoms with E-state index >= 15 is 0 Å². The van der Waals surface area contributed by atoms with Crippen LogP contribution in [0.15, 0.2) is 4.52 Å². The lowest BCUT2D eigenvalue weighted by Gasteiger charge is -2.38. The number of carbonyl (C=O) groups excluding carboxylic acids is 1. The number of hydrogen-bond donors (Lipinski definition) is 1. The van der Waals surface area contributed by atoms with Crippen molar-refractivity contribution in [1.82, 2.24) is 15.0 Å². The number of carbonyl (C=O) groups is 1. The van der Waals surface area contributed by atoms with Gasteiger partial charge in [-0.25, -0.2) is 0 Å². The molecule has 0 bridgehead atoms. The van der Waals surface area contributed by atoms with Gasteiger partial charge in [0.05, 0.1) is 12.0 Å². The van der Waals surface area contributed by atoms with Crippen LogP contribution in [0.2, 0.25) is 0 Å². The van der Waals surface area contributed by atoms with Crippen molar-refractivity contribution in [2.45, 2.75) is 51.0 Å². The Morgan fingerprint density at radius 3 is 3.00 bits per heavy atom. The van der Waals surface area contributed by atoms with Gasteiger partial charge in [0.25, 0.3) is 0 Å². The van der Waals surface area contributed by atoms with Crippen molar-refractivity contribution in [3.05, 3.63) is 11.7 Å². The highest BCUT2D eigenvalue weighted by Crippen LogP contribution is 2.33. The zero-order chi connectivity index (χ0) is 14.2. The maximum atomic E-state index is 12.1. The average molecular weight is 279 g/mol. The van der Waals surface area contributed by atoms with Crippen molar-refractivity contribution in [3.8, 4) is 0 Å². The van der Waals surface area contributed by atoms with Crippen LogP contribution in [0.4, 0.5) is 0 Å². The first-order chi connectivity index (χ1) is 9.59. The maximum absolute atomic E-state index is 12.1. The topological polar surface area (TPSA) is 79.5 Å². The molecule has 2 heterocycles. The third-order valence-corrected chi connectivity index (χ3v) is 4.10. The van der Waals surface area contributed by atoms with Crippen LogP contribution < -0.4 is 0 Å². The van der Waals surface area contributed by atoms with Crippen LogP contribution >= 0.6 is 0 Å². The molecule has 3 rings (SSSR count). The highest BCUT2D eigenvalue weighted by Gasteiger charge is 2.41. The Morgan fingerprint density at radius 1 is 1.55 bits per heavy atom. The molecule has 110 valence electrons. The average Bonchev–Trinajstić information content (AvgIpc) is 3.19. The first kappa shape index (κ1) is 13.5. The van der Waals surface area contributed by atoms with E-state index in [0.717, 1.165) is 25.8 Å². The van der Waals surface area contributed by atoms with E-state index in [1.54, 1.807) is 4.90 Å². The first-order valence-corrected chi connectivity index (χ1v) is 7.42. The van der Waals surface area contributed by atoms with Crippen molar-refractivity contribution in [3.63, 3.8) is 0 Å². The van der Waals surface area contributed by atoms with Crippen LogP contribution in [-0.2, 0) is 17.6 Å². The molecule has 1 aliphatic carbocycles. The lowest BCUT2D eigenvalue weighted by molar-refractivity contribution is -0.139. The Labute approximate surface area is 118 Å². The van der Waals surface area contributed by atoms with Gasteiger partial charge in [-0.3, -0.25) is 4.79 Å². The van der Waals surface area contributed by atoms with E-state index in [0.29, 0.717) is 37.5 Å². The van der Waals surface area contributed by atoms with Gasteiger partial charge in [-0.05, 0) is 25.7 Å². The molecular weight excluding hydrogens is 258 g/mol. The zero-order valence-corrected chi connectivity index (χ0v) is 11.8. The van der Waals surface area contributed by atoms with Crippen molar-refractivity contribution < 1.29 is 14.4 Å². The van der Waals surface area contributed by atoms with Crippen LogP contribution in [-0.4, -0.2) is 44.7 Å². The maximum Gasteiger partial charge on any atom is 0.229 e. The van der Waals surface area contributed by atoms with Crippen LogP contribution in [0, 0.1) is 5.92 Å². The Bertz CT molecular complexity index is 498. The Kier molecular flexibility index (Phi) is 3.50. The van der Waals surface area contributed by atoms with Crippen molar-refractivity contribution in [2.24, 2.45) is 5.92 Å². The van der Waals surface area contributed by atoms with Crippen LogP contribution in [0.5, 0.6) is 0 Å². The molecule has 2 fully saturated rings. The number of nitrogens with zero attached hydrogens (tertiary/aromatic N) is 3. The molecule has 0 aromatic carbocycles. The molecular formula is C14H21N3O3. The zero-order valence-electron chi connectivity index (χ0n) is 11.8. The fourth-order valence-corrected chi connectivity index (χ4v) is 2.82. The molecule has 1 unspecified atom stereocenters. The van der Waals surface area contributed by atoms with Gasteiger partial charge in [0.1, 0.15) is 0 Å². The number of likely N-dealkylation sites (tertiary alicyclic amines) is 1. The summed E-state index contributed by atoms with van der Waals surface area (Å²) in [6.45, 7) is 3.09. The van der Waals surface area contributed by atoms with E-state index in [-0.39, 0.29) is 11.8 Å². The summed E-state index contributed by atoms with van der Waals surface area (Å²) in [5.41, 5.74) is -0.930. The van der Waals surface area contributed by atoms with Gasteiger partial charge in [0.15, 0.2) is 5.82 Å². The molecule has 1 atom stereocenters. The fourth-order valence-electron chi connectivity index (χ4n) is 2.82. The first-order valence-electron chi connectivity index (χ1n) is 7.42. The molecule has 0 spiro atoms. The minimum atomic E-state index is -0.930. The van der Waals surface area contributed by atoms with Gasteiger partial charge in [-0.15, -0.1) is 0 Å². The highest BCUT2D eigenvalue weighted by molar-refractivity contribution is 5.81. The SMILES string of the molecule is CCc1noc(CC2(O)CCCN(C(=O)C3CC3)C2)n1. The lowest BCUT2D eigenvalue weighted by atomic mass is 9.89. The Balaban J connectivity index is 1.65. The van der Waals surface area contributed by atoms with E-state index < -0.39 is 5.60 Å². The normalized spacial score (nSPS) is 26.8. The molecule has 1 aromatic heterocycles. The summed E-state index contributed by atoms with van der Waals surface area (Å²) in [7, 11) is 0. The fraction of sp³-hybridized carbons (Fsp3) is 0.786. The molecule has 1 aliphatic heterocycles. The predicted octanol–water partition coefficient (Wildman–Crippen LogP) is 0.938. The third kappa shape index (κ3) is 2.85. The van der Waals surface area contributed by atoms with Gasteiger partial charge in [-0.1, -0.05) is 12.1 Å². The van der Waals surface area contributed by atoms with E-state index in [1.165, 1.54) is 0 Å². The van der Waals surface area contributed by atoms with E-state index in [2.05, 4.69) is 10.1 Å². The number of aliphatic hydroxyl groups is 1. The van der Waals surface area contributed by atoms with E-state index in [1.807, 2.05) is 6.92 Å². The summed E-state index contributed by atoms with van der Waals surface area (Å²) in [5, 5.41) is 14.6. The van der Waals surface area contributed by atoms with Gasteiger partial charge in [0.2, 0.25) is 11.8 Å². The molecule has 20 heavy (non-hydrogen) atoms. The minimum Gasteiger partial charge on any atom is -0.388 e. The Morgan fingerprint density at radius 2 is 2.35 bits per heavy atom. The van der Waals surface area contributed by atoms with Crippen molar-refractivity contribution >= 4 is 5.91 Å². The minimum absolute atomic E-state index is 0.197. The van der Waals surface area contributed by atoms with Gasteiger partial charge in [-0.2, -0.15) is 4.98 Å². The molecule has 0 radical (unpaired) electrons. The summed E-state index contributed by atoms with van der Waals surface area (Å²) < 4.78 is 5.15. The number of piperidine rings is 1. The molecule has 1 aromatic rings. The second-order valence-corrected chi connectivity index (χ2v) is 6.00. The van der Waals surface area contributed by atoms with Crippen LogP contribution in [0.25, 0.3) is 0 Å². The standard InChI is InChI=1S/C14H21N3O3/c1-2-11-15-12(20-16-11)8-14(19)6-3-7-17(9-14)13(18)10-4-5-10/h10,19H,2-9H2,1H3. The van der Waals surface area contributed by atoms with Crippen molar-refractivity contribution in [1.29, 1.82) is 0 Å². The summed E-state index contributed by atoms with van der Waals surface area (Å²) in [6, 6.07) is 0. The van der Waals surface area contributed by atoms with Gasteiger partial charge in [0, 0.05) is 25.4 Å². The highest BCUT2D eigenvalue weighted by atomic mass is 16.5. The molecule has 1 N–H and O–H groups in total. The quantitative estimate of drug-likeness (QED) is 0.887. The smallest absolute Gasteiger partial charge is 0.229 e. The second kappa shape index (κ2) is 5.16. The molecule has 1 saturated heterocycles. The predicted molar refractivity (Wildman–Crippen MR) is 70.9 cm³/mol. The summed E-state index contributed by atoms with van der Waals surface area (Å²) >= 11 is 0. The molecule has 6 heteroatoms. The van der Waals surface area contributed by atoms with Crippen LogP contribution in [0.1, 0.15) is 44.3 Å².